The smallest absolute Gasteiger partial charge is 0.129 e. The molecule has 0 spiro atoms. The number of aryl methyl sites for hydroxylation is 1. The van der Waals surface area contributed by atoms with Gasteiger partial charge >= 0.3 is 0 Å². The minimum absolute atomic E-state index is 0.257. The van der Waals surface area contributed by atoms with Crippen LogP contribution in [0.4, 0.5) is 0 Å². The predicted molar refractivity (Wildman–Crippen MR) is 52.2 cm³/mol. The molecule has 0 bridgehead atoms. The molecule has 0 atom stereocenters. The summed E-state index contributed by atoms with van der Waals surface area (Å²) >= 11 is 0. The highest BCUT2D eigenvalue weighted by Gasteiger charge is 2.02. The van der Waals surface area contributed by atoms with Crippen molar-refractivity contribution in [3.05, 3.63) is 23.8 Å². The van der Waals surface area contributed by atoms with E-state index in [1.165, 1.54) is 0 Å². The molecule has 0 fully saturated rings. The van der Waals surface area contributed by atoms with E-state index >= 15 is 0 Å². The van der Waals surface area contributed by atoms with Gasteiger partial charge in [0.15, 0.2) is 0 Å². The van der Waals surface area contributed by atoms with Crippen LogP contribution in [0.3, 0.4) is 0 Å². The van der Waals surface area contributed by atoms with Gasteiger partial charge in [0.2, 0.25) is 0 Å². The van der Waals surface area contributed by atoms with Crippen LogP contribution in [-0.4, -0.2) is 18.4 Å². The zero-order chi connectivity index (χ0) is 9.14. The molecule has 0 aliphatic carbocycles. The van der Waals surface area contributed by atoms with Crippen molar-refractivity contribution in [3.63, 3.8) is 0 Å². The molecule has 0 amide bonds. The Hall–Kier alpha value is -0.750. The molecule has 0 unspecified atom stereocenters. The van der Waals surface area contributed by atoms with E-state index in [4.69, 9.17) is 4.52 Å². The summed E-state index contributed by atoms with van der Waals surface area (Å²) in [6.45, 7) is 6.02. The van der Waals surface area contributed by atoms with Gasteiger partial charge in [-0.15, -0.1) is 0 Å². The number of phenolic OH excluding ortho intramolecular Hbond substituents is 1. The summed E-state index contributed by atoms with van der Waals surface area (Å²) in [5.41, 5.74) is 1.06. The second-order valence-electron chi connectivity index (χ2n) is 2.85. The van der Waals surface area contributed by atoms with Crippen LogP contribution in [0.2, 0.25) is 0 Å². The highest BCUT2D eigenvalue weighted by Crippen LogP contribution is 2.33. The van der Waals surface area contributed by atoms with Crippen LogP contribution in [0, 0.1) is 6.92 Å². The highest BCUT2D eigenvalue weighted by atomic mass is 31.1. The van der Waals surface area contributed by atoms with Crippen molar-refractivity contribution in [1.29, 1.82) is 0 Å². The molecule has 0 aliphatic heterocycles. The zero-order valence-electron chi connectivity index (χ0n) is 7.53. The fourth-order valence-electron chi connectivity index (χ4n) is 0.884. The third kappa shape index (κ3) is 2.38. The van der Waals surface area contributed by atoms with Gasteiger partial charge in [-0.05, 0) is 31.9 Å². The van der Waals surface area contributed by atoms with Gasteiger partial charge in [-0.1, -0.05) is 6.07 Å². The molecular formula is C9H13O2P. The molecule has 1 aromatic carbocycles. The van der Waals surface area contributed by atoms with E-state index in [1.54, 1.807) is 12.1 Å². The summed E-state index contributed by atoms with van der Waals surface area (Å²) in [4.78, 5) is 0. The minimum Gasteiger partial charge on any atom is -0.508 e. The second kappa shape index (κ2) is 3.77. The van der Waals surface area contributed by atoms with Gasteiger partial charge in [0, 0.05) is 6.07 Å². The van der Waals surface area contributed by atoms with Gasteiger partial charge in [0.05, 0.1) is 8.15 Å². The number of hydrogen-bond acceptors (Lipinski definition) is 2. The van der Waals surface area contributed by atoms with Gasteiger partial charge in [-0.25, -0.2) is 0 Å². The second-order valence-corrected chi connectivity index (χ2v) is 4.66. The van der Waals surface area contributed by atoms with Crippen molar-refractivity contribution >= 4 is 8.15 Å². The quantitative estimate of drug-likeness (QED) is 0.716. The number of aromatic hydroxyl groups is 1. The van der Waals surface area contributed by atoms with Crippen molar-refractivity contribution in [2.45, 2.75) is 6.92 Å². The Balaban J connectivity index is 2.90. The van der Waals surface area contributed by atoms with E-state index < -0.39 is 8.15 Å². The SMILES string of the molecule is Cc1ccc(O)cc1OP(C)C. The van der Waals surface area contributed by atoms with Crippen LogP contribution in [0.1, 0.15) is 5.56 Å². The van der Waals surface area contributed by atoms with Crippen molar-refractivity contribution in [1.82, 2.24) is 0 Å². The molecule has 1 rings (SSSR count). The molecule has 0 saturated heterocycles. The number of phenols is 1. The molecular weight excluding hydrogens is 171 g/mol. The van der Waals surface area contributed by atoms with Crippen LogP contribution in [-0.2, 0) is 0 Å². The molecule has 12 heavy (non-hydrogen) atoms. The van der Waals surface area contributed by atoms with E-state index in [0.29, 0.717) is 0 Å². The lowest BCUT2D eigenvalue weighted by Crippen LogP contribution is -1.86. The Labute approximate surface area is 74.0 Å². The van der Waals surface area contributed by atoms with Crippen LogP contribution in [0.25, 0.3) is 0 Å². The van der Waals surface area contributed by atoms with Gasteiger partial charge in [-0.3, -0.25) is 0 Å². The van der Waals surface area contributed by atoms with Crippen molar-refractivity contribution in [3.8, 4) is 11.5 Å². The van der Waals surface area contributed by atoms with Crippen molar-refractivity contribution in [2.24, 2.45) is 0 Å². The van der Waals surface area contributed by atoms with E-state index in [9.17, 15) is 5.11 Å². The maximum absolute atomic E-state index is 9.18. The van der Waals surface area contributed by atoms with Crippen LogP contribution < -0.4 is 4.52 Å². The average molecular weight is 184 g/mol. The largest absolute Gasteiger partial charge is 0.508 e. The molecule has 0 saturated carbocycles. The zero-order valence-corrected chi connectivity index (χ0v) is 8.43. The first-order valence-electron chi connectivity index (χ1n) is 3.74. The molecule has 0 heterocycles. The fraction of sp³-hybridized carbons (Fsp3) is 0.333. The van der Waals surface area contributed by atoms with Gasteiger partial charge < -0.3 is 9.63 Å². The summed E-state index contributed by atoms with van der Waals surface area (Å²) in [5.74, 6) is 1.04. The van der Waals surface area contributed by atoms with E-state index in [0.717, 1.165) is 11.3 Å². The Bertz CT molecular complexity index is 271. The number of hydrogen-bond donors (Lipinski definition) is 1. The molecule has 1 N–H and O–H groups in total. The van der Waals surface area contributed by atoms with Crippen LogP contribution in [0.5, 0.6) is 11.5 Å². The highest BCUT2D eigenvalue weighted by molar-refractivity contribution is 7.51. The van der Waals surface area contributed by atoms with E-state index in [-0.39, 0.29) is 5.75 Å². The Kier molecular flexibility index (Phi) is 2.93. The Morgan fingerprint density at radius 2 is 2.00 bits per heavy atom. The summed E-state index contributed by atoms with van der Waals surface area (Å²) < 4.78 is 5.53. The summed E-state index contributed by atoms with van der Waals surface area (Å²) in [5, 5.41) is 9.18. The number of rotatable bonds is 2. The number of benzene rings is 1. The third-order valence-electron chi connectivity index (χ3n) is 1.45. The van der Waals surface area contributed by atoms with Crippen LogP contribution >= 0.6 is 8.15 Å². The molecule has 1 aromatic rings. The van der Waals surface area contributed by atoms with Gasteiger partial charge in [-0.2, -0.15) is 0 Å². The first kappa shape index (κ1) is 9.34. The first-order valence-corrected chi connectivity index (χ1v) is 5.90. The van der Waals surface area contributed by atoms with Crippen LogP contribution in [0.15, 0.2) is 18.2 Å². The summed E-state index contributed by atoms with van der Waals surface area (Å²) in [6.07, 6.45) is 0. The molecule has 66 valence electrons. The normalized spacial score (nSPS) is 10.3. The maximum Gasteiger partial charge on any atom is 0.129 e. The predicted octanol–water partition coefficient (Wildman–Crippen LogP) is 2.74. The fourth-order valence-corrected chi connectivity index (χ4v) is 1.47. The molecule has 3 heteroatoms. The first-order chi connectivity index (χ1) is 5.59. The van der Waals surface area contributed by atoms with Crippen molar-refractivity contribution < 1.29 is 9.63 Å². The summed E-state index contributed by atoms with van der Waals surface area (Å²) in [7, 11) is -0.416. The van der Waals surface area contributed by atoms with E-state index in [2.05, 4.69) is 0 Å². The van der Waals surface area contributed by atoms with E-state index in [1.807, 2.05) is 26.3 Å². The average Bonchev–Trinajstić information content (AvgIpc) is 1.96. The lowest BCUT2D eigenvalue weighted by Gasteiger charge is -2.11. The Morgan fingerprint density at radius 1 is 1.33 bits per heavy atom. The molecule has 0 aliphatic rings. The van der Waals surface area contributed by atoms with Gasteiger partial charge in [0.25, 0.3) is 0 Å². The van der Waals surface area contributed by atoms with Crippen molar-refractivity contribution in [2.75, 3.05) is 13.3 Å². The molecule has 2 nitrogen and oxygen atoms in total. The maximum atomic E-state index is 9.18. The lowest BCUT2D eigenvalue weighted by molar-refractivity contribution is 0.471. The Morgan fingerprint density at radius 3 is 2.58 bits per heavy atom. The monoisotopic (exact) mass is 184 g/mol. The summed E-state index contributed by atoms with van der Waals surface area (Å²) in [6, 6.07) is 5.16. The molecule has 0 radical (unpaired) electrons. The van der Waals surface area contributed by atoms with Gasteiger partial charge in [0.1, 0.15) is 11.5 Å². The minimum atomic E-state index is -0.416. The lowest BCUT2D eigenvalue weighted by atomic mass is 10.2. The third-order valence-corrected chi connectivity index (χ3v) is 2.01. The standard InChI is InChI=1S/C9H13O2P/c1-7-4-5-8(10)6-9(7)11-12(2)3/h4-6,10H,1-3H3. The topological polar surface area (TPSA) is 29.5 Å². The molecule has 0 aromatic heterocycles.